The molecule has 1 fully saturated rings. The summed E-state index contributed by atoms with van der Waals surface area (Å²) in [6.45, 7) is -0.376. The Morgan fingerprint density at radius 1 is 1.65 bits per heavy atom. The fourth-order valence-corrected chi connectivity index (χ4v) is 2.04. The molecule has 0 bridgehead atoms. The summed E-state index contributed by atoms with van der Waals surface area (Å²) >= 11 is 0. The first-order valence-corrected chi connectivity index (χ1v) is 5.72. The van der Waals surface area contributed by atoms with Crippen LogP contribution in [0.1, 0.15) is 23.0 Å². The largest absolute Gasteiger partial charge is 0.394 e. The minimum Gasteiger partial charge on any atom is -0.394 e. The summed E-state index contributed by atoms with van der Waals surface area (Å²) in [4.78, 5) is 38.3. The van der Waals surface area contributed by atoms with E-state index in [2.05, 4.69) is 10.0 Å². The molecule has 2 heterocycles. The molecule has 0 saturated carbocycles. The third-order valence-corrected chi connectivity index (χ3v) is 3.02. The number of carbonyl (C=O) groups excluding carboxylic acids is 1. The number of carbonyl (C=O) groups is 1. The summed E-state index contributed by atoms with van der Waals surface area (Å²) in [5.74, 6) is 0. The molecule has 0 amide bonds. The first kappa shape index (κ1) is 14.0. The third kappa shape index (κ3) is 2.48. The molecule has 2 rings (SSSR count). The van der Waals surface area contributed by atoms with E-state index >= 15 is 0 Å². The third-order valence-electron chi connectivity index (χ3n) is 3.02. The first-order valence-electron chi connectivity index (χ1n) is 5.72. The number of hydrogen-bond donors (Lipinski definition) is 2. The van der Waals surface area contributed by atoms with Crippen molar-refractivity contribution in [2.75, 3.05) is 6.61 Å². The Morgan fingerprint density at radius 3 is 3.00 bits per heavy atom. The van der Waals surface area contributed by atoms with Crippen LogP contribution in [0.4, 0.5) is 0 Å². The SMILES string of the molecule is [N-]=[N+]=N[C@H]1C[C@H](n2cc(C=O)c(=O)[nH]c2=O)O[C@@H]1CO. The van der Waals surface area contributed by atoms with Crippen LogP contribution in [0.25, 0.3) is 10.4 Å². The Balaban J connectivity index is 2.38. The first-order chi connectivity index (χ1) is 9.60. The highest BCUT2D eigenvalue weighted by Crippen LogP contribution is 2.29. The lowest BCUT2D eigenvalue weighted by Crippen LogP contribution is -2.34. The summed E-state index contributed by atoms with van der Waals surface area (Å²) in [5, 5.41) is 12.6. The number of rotatable bonds is 4. The van der Waals surface area contributed by atoms with Gasteiger partial charge in [-0.3, -0.25) is 19.1 Å². The molecule has 0 spiro atoms. The maximum Gasteiger partial charge on any atom is 0.330 e. The molecule has 106 valence electrons. The van der Waals surface area contributed by atoms with Crippen molar-refractivity contribution in [3.8, 4) is 0 Å². The van der Waals surface area contributed by atoms with E-state index in [1.54, 1.807) is 0 Å². The molecule has 3 atom stereocenters. The van der Waals surface area contributed by atoms with Crippen molar-refractivity contribution < 1.29 is 14.6 Å². The molecule has 0 unspecified atom stereocenters. The second-order valence-electron chi connectivity index (χ2n) is 4.19. The Kier molecular flexibility index (Phi) is 3.99. The van der Waals surface area contributed by atoms with Gasteiger partial charge in [0, 0.05) is 17.5 Å². The van der Waals surface area contributed by atoms with E-state index in [-0.39, 0.29) is 18.6 Å². The number of azide groups is 1. The van der Waals surface area contributed by atoms with Crippen LogP contribution in [-0.4, -0.2) is 39.7 Å². The molecule has 1 aromatic heterocycles. The maximum absolute atomic E-state index is 11.7. The van der Waals surface area contributed by atoms with Gasteiger partial charge in [-0.1, -0.05) is 5.11 Å². The number of nitrogens with zero attached hydrogens (tertiary/aromatic N) is 4. The van der Waals surface area contributed by atoms with Gasteiger partial charge in [0.1, 0.15) is 6.23 Å². The van der Waals surface area contributed by atoms with Gasteiger partial charge in [0.2, 0.25) is 0 Å². The van der Waals surface area contributed by atoms with Crippen molar-refractivity contribution >= 4 is 6.29 Å². The van der Waals surface area contributed by atoms with Gasteiger partial charge in [0.25, 0.3) is 5.56 Å². The van der Waals surface area contributed by atoms with Gasteiger partial charge < -0.3 is 9.84 Å². The standard InChI is InChI=1S/C10H11N5O5/c11-14-13-6-1-8(20-7(6)4-17)15-2-5(3-16)9(18)12-10(15)19/h2-3,6-8,17H,1,4H2,(H,12,18,19)/t6-,7+,8+/m0/s1. The number of aliphatic hydroxyl groups is 1. The van der Waals surface area contributed by atoms with Gasteiger partial charge in [-0.2, -0.15) is 0 Å². The monoisotopic (exact) mass is 281 g/mol. The minimum absolute atomic E-state index is 0.152. The Hall–Kier alpha value is -2.42. The van der Waals surface area contributed by atoms with Crippen LogP contribution in [0.15, 0.2) is 20.9 Å². The van der Waals surface area contributed by atoms with Gasteiger partial charge in [-0.25, -0.2) is 4.79 Å². The molecule has 10 heteroatoms. The highest BCUT2D eigenvalue weighted by atomic mass is 16.5. The van der Waals surface area contributed by atoms with E-state index in [0.717, 1.165) is 10.8 Å². The van der Waals surface area contributed by atoms with E-state index in [0.29, 0.717) is 6.29 Å². The van der Waals surface area contributed by atoms with E-state index in [4.69, 9.17) is 15.4 Å². The predicted molar refractivity (Wildman–Crippen MR) is 65.3 cm³/mol. The van der Waals surface area contributed by atoms with E-state index in [1.807, 2.05) is 4.98 Å². The van der Waals surface area contributed by atoms with E-state index in [1.165, 1.54) is 0 Å². The summed E-state index contributed by atoms with van der Waals surface area (Å²) in [6.07, 6.45) is -0.0243. The van der Waals surface area contributed by atoms with Crippen molar-refractivity contribution in [3.05, 3.63) is 43.0 Å². The van der Waals surface area contributed by atoms with Crippen LogP contribution in [0.2, 0.25) is 0 Å². The van der Waals surface area contributed by atoms with Crippen molar-refractivity contribution in [1.29, 1.82) is 0 Å². The highest BCUT2D eigenvalue weighted by molar-refractivity contribution is 5.73. The van der Waals surface area contributed by atoms with Crippen molar-refractivity contribution in [2.45, 2.75) is 24.8 Å². The van der Waals surface area contributed by atoms with Crippen LogP contribution < -0.4 is 11.2 Å². The molecule has 1 aromatic rings. The summed E-state index contributed by atoms with van der Waals surface area (Å²) in [7, 11) is 0. The highest BCUT2D eigenvalue weighted by Gasteiger charge is 2.35. The second kappa shape index (κ2) is 5.70. The zero-order valence-corrected chi connectivity index (χ0v) is 10.2. The molecule has 1 aliphatic heterocycles. The Bertz CT molecular complexity index is 673. The van der Waals surface area contributed by atoms with Crippen LogP contribution in [0.3, 0.4) is 0 Å². The molecule has 0 radical (unpaired) electrons. The van der Waals surface area contributed by atoms with Crippen molar-refractivity contribution in [1.82, 2.24) is 9.55 Å². The molecule has 1 saturated heterocycles. The second-order valence-corrected chi connectivity index (χ2v) is 4.19. The fourth-order valence-electron chi connectivity index (χ4n) is 2.04. The molecule has 20 heavy (non-hydrogen) atoms. The topological polar surface area (TPSA) is 150 Å². The molecule has 1 aliphatic rings. The van der Waals surface area contributed by atoms with E-state index in [9.17, 15) is 14.4 Å². The Morgan fingerprint density at radius 2 is 2.40 bits per heavy atom. The van der Waals surface area contributed by atoms with Crippen LogP contribution in [0.5, 0.6) is 0 Å². The molecule has 0 aliphatic carbocycles. The van der Waals surface area contributed by atoms with E-state index < -0.39 is 29.6 Å². The van der Waals surface area contributed by atoms with Crippen LogP contribution >= 0.6 is 0 Å². The number of aromatic amines is 1. The van der Waals surface area contributed by atoms with Crippen molar-refractivity contribution in [2.24, 2.45) is 5.11 Å². The number of ether oxygens (including phenoxy) is 1. The molecular weight excluding hydrogens is 270 g/mol. The number of aromatic nitrogens is 2. The van der Waals surface area contributed by atoms with Gasteiger partial charge in [0.05, 0.1) is 24.3 Å². The lowest BCUT2D eigenvalue weighted by molar-refractivity contribution is -0.0271. The van der Waals surface area contributed by atoms with Gasteiger partial charge in [0.15, 0.2) is 6.29 Å². The number of nitrogens with one attached hydrogen (secondary N) is 1. The zero-order chi connectivity index (χ0) is 14.7. The quantitative estimate of drug-likeness (QED) is 0.324. The lowest BCUT2D eigenvalue weighted by Gasteiger charge is -2.14. The minimum atomic E-state index is -0.828. The Labute approximate surface area is 111 Å². The number of aliphatic hydroxyl groups excluding tert-OH is 1. The van der Waals surface area contributed by atoms with Gasteiger partial charge in [-0.05, 0) is 5.53 Å². The maximum atomic E-state index is 11.7. The number of hydrogen-bond acceptors (Lipinski definition) is 6. The van der Waals surface area contributed by atoms with Crippen LogP contribution in [0, 0.1) is 0 Å². The fraction of sp³-hybridized carbons (Fsp3) is 0.500. The predicted octanol–water partition coefficient (Wildman–Crippen LogP) is -0.692. The average Bonchev–Trinajstić information content (AvgIpc) is 2.82. The number of aldehydes is 1. The summed E-state index contributed by atoms with van der Waals surface area (Å²) < 4.78 is 6.42. The lowest BCUT2D eigenvalue weighted by atomic mass is 10.1. The summed E-state index contributed by atoms with van der Waals surface area (Å²) in [6, 6.07) is -0.631. The number of H-pyrrole nitrogens is 1. The van der Waals surface area contributed by atoms with Crippen LogP contribution in [-0.2, 0) is 4.74 Å². The smallest absolute Gasteiger partial charge is 0.330 e. The molecule has 2 N–H and O–H groups in total. The molecular formula is C10H11N5O5. The van der Waals surface area contributed by atoms with Gasteiger partial charge >= 0.3 is 5.69 Å². The average molecular weight is 281 g/mol. The van der Waals surface area contributed by atoms with Gasteiger partial charge in [-0.15, -0.1) is 0 Å². The summed E-state index contributed by atoms with van der Waals surface area (Å²) in [5.41, 5.74) is 6.67. The normalized spacial score (nSPS) is 25.1. The molecule has 10 nitrogen and oxygen atoms in total. The molecule has 0 aromatic carbocycles. The van der Waals surface area contributed by atoms with Crippen molar-refractivity contribution in [3.63, 3.8) is 0 Å². The zero-order valence-electron chi connectivity index (χ0n) is 10.2.